The van der Waals surface area contributed by atoms with Crippen molar-refractivity contribution in [1.82, 2.24) is 20.2 Å². The molecule has 0 bridgehead atoms. The highest BCUT2D eigenvalue weighted by molar-refractivity contribution is 5.94. The first kappa shape index (κ1) is 20.9. The van der Waals surface area contributed by atoms with Gasteiger partial charge < -0.3 is 25.6 Å². The van der Waals surface area contributed by atoms with Gasteiger partial charge in [-0.3, -0.25) is 4.79 Å². The van der Waals surface area contributed by atoms with Gasteiger partial charge in [0.05, 0.1) is 18.4 Å². The highest BCUT2D eigenvalue weighted by Crippen LogP contribution is 2.16. The molecule has 0 saturated heterocycles. The Bertz CT molecular complexity index is 982. The molecule has 4 N–H and O–H groups in total. The van der Waals surface area contributed by atoms with Crippen LogP contribution < -0.4 is 10.6 Å². The molecule has 8 nitrogen and oxygen atoms in total. The van der Waals surface area contributed by atoms with Crippen LogP contribution >= 0.6 is 0 Å². The molecule has 0 unspecified atom stereocenters. The lowest BCUT2D eigenvalue weighted by atomic mass is 10.2. The van der Waals surface area contributed by atoms with Crippen LogP contribution in [-0.4, -0.2) is 52.0 Å². The molecule has 0 aliphatic carbocycles. The Hall–Kier alpha value is -3.81. The fourth-order valence-electron chi connectivity index (χ4n) is 2.87. The Morgan fingerprint density at radius 1 is 1.17 bits per heavy atom. The van der Waals surface area contributed by atoms with Crippen molar-refractivity contribution in [2.24, 2.45) is 4.99 Å². The number of H-pyrrole nitrogens is 1. The fraction of sp³-hybridized carbons (Fsp3) is 0.227. The van der Waals surface area contributed by atoms with Gasteiger partial charge in [0.1, 0.15) is 18.1 Å². The standard InChI is InChI=1S/C22H26N6O2/c1-3-23-22(25-14-21(30)26-17-9-11-18(29)12-10-17)28(2)15-20-24-13-19(27-20)16-7-5-4-6-8-16/h4-13,29H,3,14-15H2,1-2H3,(H,23,25)(H,24,27)(H,26,30). The molecule has 1 heterocycles. The SMILES string of the molecule is CCNC(=NCC(=O)Nc1ccc(O)cc1)N(C)Cc1ncc(-c2ccccc2)[nH]1. The second-order valence-electron chi connectivity index (χ2n) is 6.73. The van der Waals surface area contributed by atoms with Crippen molar-refractivity contribution in [3.8, 4) is 17.0 Å². The van der Waals surface area contributed by atoms with E-state index in [1.54, 1.807) is 12.1 Å². The summed E-state index contributed by atoms with van der Waals surface area (Å²) in [4.78, 5) is 26.3. The van der Waals surface area contributed by atoms with Crippen LogP contribution in [-0.2, 0) is 11.3 Å². The molecule has 0 saturated carbocycles. The molecule has 0 fully saturated rings. The minimum absolute atomic E-state index is 0.0268. The number of aromatic nitrogens is 2. The number of nitrogens with zero attached hydrogens (tertiary/aromatic N) is 3. The number of aromatic amines is 1. The lowest BCUT2D eigenvalue weighted by Crippen LogP contribution is -2.39. The van der Waals surface area contributed by atoms with E-state index < -0.39 is 0 Å². The number of benzene rings is 2. The van der Waals surface area contributed by atoms with Crippen molar-refractivity contribution >= 4 is 17.6 Å². The average Bonchev–Trinajstić information content (AvgIpc) is 3.22. The molecule has 0 radical (unpaired) electrons. The summed E-state index contributed by atoms with van der Waals surface area (Å²) in [5, 5.41) is 15.3. The highest BCUT2D eigenvalue weighted by Gasteiger charge is 2.11. The van der Waals surface area contributed by atoms with Gasteiger partial charge in [0.2, 0.25) is 5.91 Å². The molecule has 0 spiro atoms. The van der Waals surface area contributed by atoms with Crippen LogP contribution in [0.15, 0.2) is 65.8 Å². The number of hydrogen-bond acceptors (Lipinski definition) is 4. The van der Waals surface area contributed by atoms with Gasteiger partial charge in [-0.15, -0.1) is 0 Å². The average molecular weight is 406 g/mol. The summed E-state index contributed by atoms with van der Waals surface area (Å²) in [6.45, 7) is 3.13. The van der Waals surface area contributed by atoms with Gasteiger partial charge in [-0.2, -0.15) is 0 Å². The molecular weight excluding hydrogens is 380 g/mol. The number of imidazole rings is 1. The first-order valence-corrected chi connectivity index (χ1v) is 9.72. The summed E-state index contributed by atoms with van der Waals surface area (Å²) in [5.41, 5.74) is 2.63. The number of phenols is 1. The van der Waals surface area contributed by atoms with Crippen molar-refractivity contribution in [2.75, 3.05) is 25.5 Å². The van der Waals surface area contributed by atoms with E-state index in [1.165, 1.54) is 12.1 Å². The molecule has 1 aromatic heterocycles. The predicted molar refractivity (Wildman–Crippen MR) is 118 cm³/mol. The number of aliphatic imine (C=N–C) groups is 1. The normalized spacial score (nSPS) is 11.2. The monoisotopic (exact) mass is 406 g/mol. The van der Waals surface area contributed by atoms with E-state index in [0.29, 0.717) is 24.7 Å². The molecule has 156 valence electrons. The van der Waals surface area contributed by atoms with Crippen LogP contribution in [0.1, 0.15) is 12.7 Å². The number of carbonyl (C=O) groups excluding carboxylic acids is 1. The third-order valence-corrected chi connectivity index (χ3v) is 4.32. The zero-order valence-corrected chi connectivity index (χ0v) is 17.1. The third kappa shape index (κ3) is 5.84. The maximum absolute atomic E-state index is 12.2. The van der Waals surface area contributed by atoms with E-state index in [0.717, 1.165) is 17.1 Å². The van der Waals surface area contributed by atoms with Gasteiger partial charge >= 0.3 is 0 Å². The molecule has 3 aromatic rings. The van der Waals surface area contributed by atoms with Crippen LogP contribution in [0.2, 0.25) is 0 Å². The Labute approximate surface area is 175 Å². The maximum atomic E-state index is 12.2. The van der Waals surface area contributed by atoms with E-state index in [2.05, 4.69) is 25.6 Å². The lowest BCUT2D eigenvalue weighted by Gasteiger charge is -2.21. The zero-order valence-electron chi connectivity index (χ0n) is 17.1. The second kappa shape index (κ2) is 10.1. The Morgan fingerprint density at radius 2 is 1.90 bits per heavy atom. The number of nitrogens with one attached hydrogen (secondary N) is 3. The van der Waals surface area contributed by atoms with Crippen LogP contribution in [0.3, 0.4) is 0 Å². The smallest absolute Gasteiger partial charge is 0.246 e. The van der Waals surface area contributed by atoms with Gasteiger partial charge in [-0.05, 0) is 36.8 Å². The van der Waals surface area contributed by atoms with E-state index in [1.807, 2.05) is 55.4 Å². The molecule has 1 amide bonds. The highest BCUT2D eigenvalue weighted by atomic mass is 16.3. The Morgan fingerprint density at radius 3 is 2.60 bits per heavy atom. The summed E-state index contributed by atoms with van der Waals surface area (Å²) in [7, 11) is 1.89. The van der Waals surface area contributed by atoms with Gasteiger partial charge in [0.15, 0.2) is 5.96 Å². The van der Waals surface area contributed by atoms with E-state index >= 15 is 0 Å². The summed E-state index contributed by atoms with van der Waals surface area (Å²) in [5.74, 6) is 1.32. The van der Waals surface area contributed by atoms with Crippen molar-refractivity contribution in [3.05, 3.63) is 66.6 Å². The summed E-state index contributed by atoms with van der Waals surface area (Å²) in [6.07, 6.45) is 1.81. The maximum Gasteiger partial charge on any atom is 0.246 e. The van der Waals surface area contributed by atoms with Crippen LogP contribution in [0.5, 0.6) is 5.75 Å². The minimum Gasteiger partial charge on any atom is -0.508 e. The second-order valence-corrected chi connectivity index (χ2v) is 6.73. The largest absolute Gasteiger partial charge is 0.508 e. The quantitative estimate of drug-likeness (QED) is 0.274. The van der Waals surface area contributed by atoms with Gasteiger partial charge in [-0.1, -0.05) is 30.3 Å². The van der Waals surface area contributed by atoms with Crippen molar-refractivity contribution in [1.29, 1.82) is 0 Å². The minimum atomic E-state index is -0.242. The van der Waals surface area contributed by atoms with E-state index in [9.17, 15) is 9.90 Å². The van der Waals surface area contributed by atoms with Crippen molar-refractivity contribution in [3.63, 3.8) is 0 Å². The van der Waals surface area contributed by atoms with Crippen LogP contribution in [0.4, 0.5) is 5.69 Å². The van der Waals surface area contributed by atoms with Gasteiger partial charge in [-0.25, -0.2) is 9.98 Å². The molecular formula is C22H26N6O2. The summed E-state index contributed by atoms with van der Waals surface area (Å²) < 4.78 is 0. The number of aromatic hydroxyl groups is 1. The molecule has 3 rings (SSSR count). The molecule has 2 aromatic carbocycles. The zero-order chi connectivity index (χ0) is 21.3. The molecule has 8 heteroatoms. The molecule has 30 heavy (non-hydrogen) atoms. The summed E-state index contributed by atoms with van der Waals surface area (Å²) in [6, 6.07) is 16.3. The first-order valence-electron chi connectivity index (χ1n) is 9.72. The number of rotatable bonds is 7. The number of hydrogen-bond donors (Lipinski definition) is 4. The van der Waals surface area contributed by atoms with Crippen LogP contribution in [0, 0.1) is 0 Å². The topological polar surface area (TPSA) is 106 Å². The van der Waals surface area contributed by atoms with Crippen molar-refractivity contribution in [2.45, 2.75) is 13.5 Å². The Kier molecular flexibility index (Phi) is 7.05. The molecule has 0 aliphatic heterocycles. The first-order chi connectivity index (χ1) is 14.5. The predicted octanol–water partition coefficient (Wildman–Crippen LogP) is 2.82. The van der Waals surface area contributed by atoms with E-state index in [-0.39, 0.29) is 18.2 Å². The van der Waals surface area contributed by atoms with Crippen molar-refractivity contribution < 1.29 is 9.90 Å². The number of carbonyl (C=O) groups is 1. The lowest BCUT2D eigenvalue weighted by molar-refractivity contribution is -0.114. The number of anilines is 1. The van der Waals surface area contributed by atoms with E-state index in [4.69, 9.17) is 0 Å². The number of amides is 1. The molecule has 0 aliphatic rings. The third-order valence-electron chi connectivity index (χ3n) is 4.32. The van der Waals surface area contributed by atoms with Crippen LogP contribution in [0.25, 0.3) is 11.3 Å². The Balaban J connectivity index is 1.61. The van der Waals surface area contributed by atoms with Gasteiger partial charge in [0.25, 0.3) is 0 Å². The number of phenolic OH excluding ortho intramolecular Hbond substituents is 1. The summed E-state index contributed by atoms with van der Waals surface area (Å²) >= 11 is 0. The van der Waals surface area contributed by atoms with Gasteiger partial charge in [0, 0.05) is 19.3 Å². The number of guanidine groups is 1. The fourth-order valence-corrected chi connectivity index (χ4v) is 2.87. The molecule has 0 atom stereocenters.